The van der Waals surface area contributed by atoms with Gasteiger partial charge in [0.1, 0.15) is 5.75 Å². The number of aliphatic hydroxyl groups is 1. The molecule has 0 bridgehead atoms. The predicted molar refractivity (Wildman–Crippen MR) is 108 cm³/mol. The van der Waals surface area contributed by atoms with Crippen LogP contribution < -0.4 is 19.5 Å². The number of aliphatic hydroxyl groups excluding tert-OH is 1. The Balaban J connectivity index is 1.80. The third-order valence-electron chi connectivity index (χ3n) is 4.30. The van der Waals surface area contributed by atoms with Crippen molar-refractivity contribution in [1.29, 1.82) is 0 Å². The van der Waals surface area contributed by atoms with E-state index < -0.39 is 0 Å². The van der Waals surface area contributed by atoms with Crippen LogP contribution >= 0.6 is 0 Å². The summed E-state index contributed by atoms with van der Waals surface area (Å²) < 4.78 is 16.2. The van der Waals surface area contributed by atoms with Crippen LogP contribution in [-0.4, -0.2) is 45.0 Å². The summed E-state index contributed by atoms with van der Waals surface area (Å²) in [5.74, 6) is 1.97. The Hall–Kier alpha value is -2.73. The van der Waals surface area contributed by atoms with Gasteiger partial charge in [-0.1, -0.05) is 18.2 Å². The number of aryl methyl sites for hydroxylation is 2. The molecule has 0 fully saturated rings. The smallest absolute Gasteiger partial charge is 0.257 e. The number of hydrogen-bond acceptors (Lipinski definition) is 5. The normalized spacial score (nSPS) is 10.4. The van der Waals surface area contributed by atoms with Crippen LogP contribution in [0.5, 0.6) is 17.2 Å². The third-order valence-corrected chi connectivity index (χ3v) is 4.30. The van der Waals surface area contributed by atoms with E-state index in [1.807, 2.05) is 30.3 Å². The van der Waals surface area contributed by atoms with Gasteiger partial charge in [-0.15, -0.1) is 0 Å². The number of carbonyl (C=O) groups is 1. The topological polar surface area (TPSA) is 77.0 Å². The summed E-state index contributed by atoms with van der Waals surface area (Å²) >= 11 is 0. The van der Waals surface area contributed by atoms with Gasteiger partial charge < -0.3 is 24.6 Å². The number of benzene rings is 2. The van der Waals surface area contributed by atoms with Crippen LogP contribution in [0.4, 0.5) is 0 Å². The first-order valence-corrected chi connectivity index (χ1v) is 9.46. The molecule has 0 aliphatic rings. The van der Waals surface area contributed by atoms with E-state index in [1.165, 1.54) is 11.1 Å². The van der Waals surface area contributed by atoms with E-state index in [1.54, 1.807) is 14.2 Å². The summed E-state index contributed by atoms with van der Waals surface area (Å²) in [6.07, 6.45) is 3.37. The highest BCUT2D eigenvalue weighted by Gasteiger charge is 2.06. The van der Waals surface area contributed by atoms with E-state index in [0.717, 1.165) is 30.8 Å². The van der Waals surface area contributed by atoms with Crippen LogP contribution in [-0.2, 0) is 17.6 Å². The molecule has 152 valence electrons. The second-order valence-electron chi connectivity index (χ2n) is 6.41. The standard InChI is InChI=1S/C22H29NO5/c1-26-20-11-10-18(15-21(20)27-2)7-3-6-17-8-4-9-19(14-17)28-16-22(25)23-12-5-13-24/h4,8-11,14-15,24H,3,5-7,12-13,16H2,1-2H3,(H,23,25). The molecule has 0 saturated carbocycles. The van der Waals surface area contributed by atoms with Gasteiger partial charge in [-0.3, -0.25) is 4.79 Å². The minimum absolute atomic E-state index is 0.0273. The molecule has 0 radical (unpaired) electrons. The second kappa shape index (κ2) is 11.9. The lowest BCUT2D eigenvalue weighted by atomic mass is 10.0. The molecule has 2 rings (SSSR count). The molecule has 0 saturated heterocycles. The van der Waals surface area contributed by atoms with Crippen LogP contribution in [0.15, 0.2) is 42.5 Å². The molecule has 0 spiro atoms. The average molecular weight is 387 g/mol. The summed E-state index contributed by atoms with van der Waals surface area (Å²) in [5.41, 5.74) is 2.36. The molecule has 0 aliphatic carbocycles. The fourth-order valence-corrected chi connectivity index (χ4v) is 2.83. The van der Waals surface area contributed by atoms with Gasteiger partial charge in [-0.25, -0.2) is 0 Å². The van der Waals surface area contributed by atoms with E-state index >= 15 is 0 Å². The zero-order valence-electron chi connectivity index (χ0n) is 16.6. The number of ether oxygens (including phenoxy) is 3. The molecule has 2 aromatic rings. The molecule has 0 aliphatic heterocycles. The monoisotopic (exact) mass is 387 g/mol. The highest BCUT2D eigenvalue weighted by molar-refractivity contribution is 5.77. The first-order valence-electron chi connectivity index (χ1n) is 9.46. The van der Waals surface area contributed by atoms with Crippen molar-refractivity contribution in [3.63, 3.8) is 0 Å². The van der Waals surface area contributed by atoms with Gasteiger partial charge >= 0.3 is 0 Å². The van der Waals surface area contributed by atoms with E-state index in [-0.39, 0.29) is 19.1 Å². The summed E-state index contributed by atoms with van der Waals surface area (Å²) in [6, 6.07) is 13.8. The van der Waals surface area contributed by atoms with Gasteiger partial charge in [0.15, 0.2) is 18.1 Å². The molecule has 28 heavy (non-hydrogen) atoms. The van der Waals surface area contributed by atoms with Crippen molar-refractivity contribution in [3.05, 3.63) is 53.6 Å². The van der Waals surface area contributed by atoms with Crippen molar-refractivity contribution in [2.75, 3.05) is 34.0 Å². The van der Waals surface area contributed by atoms with Crippen LogP contribution in [0.2, 0.25) is 0 Å². The predicted octanol–water partition coefficient (Wildman–Crippen LogP) is 2.76. The Morgan fingerprint density at radius 2 is 1.71 bits per heavy atom. The van der Waals surface area contributed by atoms with Gasteiger partial charge in [0.2, 0.25) is 0 Å². The molecule has 2 aromatic carbocycles. The highest BCUT2D eigenvalue weighted by atomic mass is 16.5. The SMILES string of the molecule is COc1ccc(CCCc2cccc(OCC(=O)NCCCO)c2)cc1OC. The average Bonchev–Trinajstić information content (AvgIpc) is 2.72. The maximum atomic E-state index is 11.7. The Morgan fingerprint density at radius 3 is 2.43 bits per heavy atom. The van der Waals surface area contributed by atoms with Gasteiger partial charge in [0.25, 0.3) is 5.91 Å². The van der Waals surface area contributed by atoms with Crippen LogP contribution in [0.1, 0.15) is 24.0 Å². The molecule has 0 heterocycles. The second-order valence-corrected chi connectivity index (χ2v) is 6.41. The molecule has 0 unspecified atom stereocenters. The Labute approximate surface area is 166 Å². The van der Waals surface area contributed by atoms with Crippen molar-refractivity contribution in [2.45, 2.75) is 25.7 Å². The highest BCUT2D eigenvalue weighted by Crippen LogP contribution is 2.28. The van der Waals surface area contributed by atoms with Crippen molar-refractivity contribution >= 4 is 5.91 Å². The lowest BCUT2D eigenvalue weighted by Crippen LogP contribution is -2.30. The first kappa shape index (κ1) is 21.6. The molecule has 0 atom stereocenters. The van der Waals surface area contributed by atoms with E-state index in [0.29, 0.717) is 18.7 Å². The Kier molecular flexibility index (Phi) is 9.15. The Morgan fingerprint density at radius 1 is 0.964 bits per heavy atom. The lowest BCUT2D eigenvalue weighted by Gasteiger charge is -2.10. The van der Waals surface area contributed by atoms with Crippen LogP contribution in [0.25, 0.3) is 0 Å². The fraction of sp³-hybridized carbons (Fsp3) is 0.409. The van der Waals surface area contributed by atoms with Gasteiger partial charge in [-0.05, 0) is 61.1 Å². The summed E-state index contributed by atoms with van der Waals surface area (Å²) in [5, 5.41) is 11.4. The molecule has 1 amide bonds. The number of rotatable bonds is 12. The number of carbonyl (C=O) groups excluding carboxylic acids is 1. The number of methoxy groups -OCH3 is 2. The van der Waals surface area contributed by atoms with E-state index in [2.05, 4.69) is 17.4 Å². The van der Waals surface area contributed by atoms with Crippen molar-refractivity contribution in [2.24, 2.45) is 0 Å². The molecule has 6 heteroatoms. The molecule has 2 N–H and O–H groups in total. The fourth-order valence-electron chi connectivity index (χ4n) is 2.83. The van der Waals surface area contributed by atoms with Gasteiger partial charge in [0.05, 0.1) is 14.2 Å². The van der Waals surface area contributed by atoms with Crippen LogP contribution in [0.3, 0.4) is 0 Å². The molecule has 0 aromatic heterocycles. The lowest BCUT2D eigenvalue weighted by molar-refractivity contribution is -0.123. The quantitative estimate of drug-likeness (QED) is 0.548. The van der Waals surface area contributed by atoms with E-state index in [9.17, 15) is 4.79 Å². The molecule has 6 nitrogen and oxygen atoms in total. The number of amides is 1. The van der Waals surface area contributed by atoms with E-state index in [4.69, 9.17) is 19.3 Å². The Bertz CT molecular complexity index is 747. The largest absolute Gasteiger partial charge is 0.493 e. The molecular formula is C22H29NO5. The number of nitrogens with one attached hydrogen (secondary N) is 1. The van der Waals surface area contributed by atoms with Gasteiger partial charge in [-0.2, -0.15) is 0 Å². The minimum Gasteiger partial charge on any atom is -0.493 e. The van der Waals surface area contributed by atoms with Gasteiger partial charge in [0, 0.05) is 13.2 Å². The zero-order chi connectivity index (χ0) is 20.2. The maximum absolute atomic E-state index is 11.7. The summed E-state index contributed by atoms with van der Waals surface area (Å²) in [6.45, 7) is 0.488. The third kappa shape index (κ3) is 7.12. The maximum Gasteiger partial charge on any atom is 0.257 e. The number of hydrogen-bond donors (Lipinski definition) is 2. The molecular weight excluding hydrogens is 358 g/mol. The zero-order valence-corrected chi connectivity index (χ0v) is 16.6. The summed E-state index contributed by atoms with van der Waals surface area (Å²) in [4.78, 5) is 11.7. The van der Waals surface area contributed by atoms with Crippen LogP contribution in [0, 0.1) is 0 Å². The summed E-state index contributed by atoms with van der Waals surface area (Å²) in [7, 11) is 3.27. The minimum atomic E-state index is -0.188. The van der Waals surface area contributed by atoms with Crippen molar-refractivity contribution in [1.82, 2.24) is 5.32 Å². The van der Waals surface area contributed by atoms with Crippen molar-refractivity contribution < 1.29 is 24.1 Å². The van der Waals surface area contributed by atoms with Crippen molar-refractivity contribution in [3.8, 4) is 17.2 Å². The first-order chi connectivity index (χ1) is 13.7.